The van der Waals surface area contributed by atoms with Crippen LogP contribution >= 0.6 is 0 Å². The van der Waals surface area contributed by atoms with Gasteiger partial charge in [-0.25, -0.2) is 0 Å². The molecule has 0 aliphatic rings. The summed E-state index contributed by atoms with van der Waals surface area (Å²) in [6.45, 7) is 1.61. The van der Waals surface area contributed by atoms with Gasteiger partial charge in [0.2, 0.25) is 0 Å². The van der Waals surface area contributed by atoms with Crippen molar-refractivity contribution in [2.24, 2.45) is 0 Å². The quantitative estimate of drug-likeness (QED) is 0.692. The zero-order valence-corrected chi connectivity index (χ0v) is 7.06. The Bertz CT molecular complexity index is 383. The Kier molecular flexibility index (Phi) is 2.05. The molecular formula is C5H7FN2O3S. The lowest BCUT2D eigenvalue weighted by Gasteiger charge is -1.91. The summed E-state index contributed by atoms with van der Waals surface area (Å²) >= 11 is 0. The van der Waals surface area contributed by atoms with Gasteiger partial charge in [-0.2, -0.15) is 8.42 Å². The third-order valence-electron chi connectivity index (χ3n) is 1.31. The lowest BCUT2D eigenvalue weighted by molar-refractivity contribution is 0.384. The summed E-state index contributed by atoms with van der Waals surface area (Å²) in [5.41, 5.74) is 5.08. The maximum Gasteiger partial charge on any atom is 0.339 e. The van der Waals surface area contributed by atoms with Crippen LogP contribution < -0.4 is 5.73 Å². The van der Waals surface area contributed by atoms with Gasteiger partial charge in [0.15, 0.2) is 16.5 Å². The average molecular weight is 194 g/mol. The molecule has 0 bridgehead atoms. The van der Waals surface area contributed by atoms with E-state index in [0.29, 0.717) is 0 Å². The number of anilines is 1. The molecule has 5 nitrogen and oxygen atoms in total. The van der Waals surface area contributed by atoms with Gasteiger partial charge in [0.25, 0.3) is 0 Å². The Morgan fingerprint density at radius 1 is 1.67 bits per heavy atom. The molecule has 0 saturated carbocycles. The molecule has 0 fully saturated rings. The number of hydrogen-bond acceptors (Lipinski definition) is 5. The van der Waals surface area contributed by atoms with Crippen molar-refractivity contribution >= 4 is 16.0 Å². The van der Waals surface area contributed by atoms with Crippen LogP contribution in [0.15, 0.2) is 9.42 Å². The first-order valence-electron chi connectivity index (χ1n) is 3.15. The first-order chi connectivity index (χ1) is 5.46. The van der Waals surface area contributed by atoms with E-state index >= 15 is 0 Å². The molecule has 1 heterocycles. The SMILES string of the molecule is CCc1onc(N)c1S(=O)(=O)F. The van der Waals surface area contributed by atoms with Crippen molar-refractivity contribution in [3.63, 3.8) is 0 Å². The van der Waals surface area contributed by atoms with E-state index in [9.17, 15) is 12.3 Å². The average Bonchev–Trinajstić information content (AvgIpc) is 2.29. The fraction of sp³-hybridized carbons (Fsp3) is 0.400. The summed E-state index contributed by atoms with van der Waals surface area (Å²) in [5.74, 6) is -0.496. The molecule has 1 rings (SSSR count). The van der Waals surface area contributed by atoms with Gasteiger partial charge in [-0.05, 0) is 0 Å². The van der Waals surface area contributed by atoms with E-state index in [4.69, 9.17) is 5.73 Å². The normalized spacial score (nSPS) is 11.8. The lowest BCUT2D eigenvalue weighted by atomic mass is 10.3. The summed E-state index contributed by atoms with van der Waals surface area (Å²) < 4.78 is 37.8. The van der Waals surface area contributed by atoms with E-state index < -0.39 is 20.9 Å². The van der Waals surface area contributed by atoms with Crippen molar-refractivity contribution in [3.8, 4) is 0 Å². The van der Waals surface area contributed by atoms with Crippen molar-refractivity contribution in [2.45, 2.75) is 18.2 Å². The second-order valence-corrected chi connectivity index (χ2v) is 3.40. The summed E-state index contributed by atoms with van der Waals surface area (Å²) in [6.07, 6.45) is 0.225. The van der Waals surface area contributed by atoms with E-state index in [-0.39, 0.29) is 12.2 Å². The molecular weight excluding hydrogens is 187 g/mol. The van der Waals surface area contributed by atoms with Gasteiger partial charge in [0.1, 0.15) is 0 Å². The van der Waals surface area contributed by atoms with E-state index in [1.165, 1.54) is 0 Å². The molecule has 0 amide bonds. The van der Waals surface area contributed by atoms with Crippen LogP contribution in [0.5, 0.6) is 0 Å². The maximum atomic E-state index is 12.5. The summed E-state index contributed by atoms with van der Waals surface area (Å²) in [5, 5.41) is 3.14. The van der Waals surface area contributed by atoms with Gasteiger partial charge in [-0.15, -0.1) is 3.89 Å². The Morgan fingerprint density at radius 3 is 2.58 bits per heavy atom. The zero-order chi connectivity index (χ0) is 9.35. The number of halogens is 1. The number of nitrogens with two attached hydrogens (primary N) is 1. The number of nitrogens with zero attached hydrogens (tertiary/aromatic N) is 1. The Balaban J connectivity index is 3.39. The molecule has 2 N–H and O–H groups in total. The zero-order valence-electron chi connectivity index (χ0n) is 6.24. The highest BCUT2D eigenvalue weighted by molar-refractivity contribution is 7.86. The highest BCUT2D eigenvalue weighted by atomic mass is 32.3. The Labute approximate surface area is 68.6 Å². The topological polar surface area (TPSA) is 86.2 Å². The third-order valence-corrected chi connectivity index (χ3v) is 2.23. The number of aryl methyl sites for hydroxylation is 1. The number of aromatic nitrogens is 1. The van der Waals surface area contributed by atoms with E-state index in [2.05, 4.69) is 9.68 Å². The van der Waals surface area contributed by atoms with Crippen LogP contribution in [0.3, 0.4) is 0 Å². The van der Waals surface area contributed by atoms with Crippen LogP contribution in [0.25, 0.3) is 0 Å². The Morgan fingerprint density at radius 2 is 2.25 bits per heavy atom. The minimum absolute atomic E-state index is 0.0602. The minimum Gasteiger partial charge on any atom is -0.380 e. The molecule has 0 aliphatic heterocycles. The van der Waals surface area contributed by atoms with Gasteiger partial charge in [-0.3, -0.25) is 0 Å². The van der Waals surface area contributed by atoms with Crippen molar-refractivity contribution in [1.29, 1.82) is 0 Å². The predicted molar refractivity (Wildman–Crippen MR) is 38.6 cm³/mol. The molecule has 0 saturated heterocycles. The van der Waals surface area contributed by atoms with Gasteiger partial charge in [-0.1, -0.05) is 12.1 Å². The monoisotopic (exact) mass is 194 g/mol. The lowest BCUT2D eigenvalue weighted by Crippen LogP contribution is -1.99. The maximum absolute atomic E-state index is 12.5. The molecule has 12 heavy (non-hydrogen) atoms. The third kappa shape index (κ3) is 1.40. The van der Waals surface area contributed by atoms with Crippen LogP contribution in [0, 0.1) is 0 Å². The molecule has 1 aromatic rings. The first kappa shape index (κ1) is 8.98. The standard InChI is InChI=1S/C5H7FN2O3S/c1-2-3-4(12(6,9)10)5(7)8-11-3/h2H2,1H3,(H2,7,8). The second kappa shape index (κ2) is 2.74. The molecule has 0 spiro atoms. The summed E-state index contributed by atoms with van der Waals surface area (Å²) in [7, 11) is -4.81. The summed E-state index contributed by atoms with van der Waals surface area (Å²) in [6, 6.07) is 0. The first-order valence-corrected chi connectivity index (χ1v) is 4.53. The van der Waals surface area contributed by atoms with Gasteiger partial charge >= 0.3 is 10.2 Å². The molecule has 1 aromatic heterocycles. The van der Waals surface area contributed by atoms with E-state index in [0.717, 1.165) is 0 Å². The smallest absolute Gasteiger partial charge is 0.339 e. The number of nitrogen functional groups attached to an aromatic ring is 1. The molecule has 0 atom stereocenters. The number of rotatable bonds is 2. The molecule has 7 heteroatoms. The van der Waals surface area contributed by atoms with Crippen molar-refractivity contribution < 1.29 is 16.8 Å². The van der Waals surface area contributed by atoms with E-state index in [1.807, 2.05) is 0 Å². The van der Waals surface area contributed by atoms with Crippen LogP contribution in [-0.4, -0.2) is 13.6 Å². The van der Waals surface area contributed by atoms with Crippen molar-refractivity contribution in [1.82, 2.24) is 5.16 Å². The highest BCUT2D eigenvalue weighted by Gasteiger charge is 2.25. The fourth-order valence-corrected chi connectivity index (χ4v) is 1.56. The van der Waals surface area contributed by atoms with Crippen molar-refractivity contribution in [2.75, 3.05) is 5.73 Å². The highest BCUT2D eigenvalue weighted by Crippen LogP contribution is 2.24. The molecule has 0 aliphatic carbocycles. The largest absolute Gasteiger partial charge is 0.380 e. The van der Waals surface area contributed by atoms with Crippen molar-refractivity contribution in [3.05, 3.63) is 5.76 Å². The van der Waals surface area contributed by atoms with Crippen LogP contribution in [-0.2, 0) is 16.6 Å². The van der Waals surface area contributed by atoms with Gasteiger partial charge in [0, 0.05) is 6.42 Å². The summed E-state index contributed by atoms with van der Waals surface area (Å²) in [4.78, 5) is -0.648. The molecule has 0 aromatic carbocycles. The van der Waals surface area contributed by atoms with Gasteiger partial charge in [0.05, 0.1) is 0 Å². The predicted octanol–water partition coefficient (Wildman–Crippen LogP) is 0.477. The van der Waals surface area contributed by atoms with Crippen LogP contribution in [0.4, 0.5) is 9.70 Å². The molecule has 0 unspecified atom stereocenters. The van der Waals surface area contributed by atoms with Gasteiger partial charge < -0.3 is 10.3 Å². The fourth-order valence-electron chi connectivity index (χ4n) is 0.816. The second-order valence-electron chi connectivity index (χ2n) is 2.11. The Hall–Kier alpha value is -1.11. The molecule has 0 radical (unpaired) electrons. The number of hydrogen-bond donors (Lipinski definition) is 1. The minimum atomic E-state index is -4.81. The van der Waals surface area contributed by atoms with Crippen LogP contribution in [0.1, 0.15) is 12.7 Å². The van der Waals surface area contributed by atoms with Crippen LogP contribution in [0.2, 0.25) is 0 Å². The van der Waals surface area contributed by atoms with E-state index in [1.54, 1.807) is 6.92 Å². The molecule has 68 valence electrons.